The number of piperidine rings is 1. The van der Waals surface area contributed by atoms with Crippen molar-refractivity contribution in [3.63, 3.8) is 0 Å². The molecular weight excluding hydrogens is 340 g/mol. The largest absolute Gasteiger partial charge is 0.491 e. The summed E-state index contributed by atoms with van der Waals surface area (Å²) in [5, 5.41) is 14.6. The Kier molecular flexibility index (Phi) is 7.26. The van der Waals surface area contributed by atoms with E-state index in [9.17, 15) is 5.11 Å². The molecule has 0 amide bonds. The van der Waals surface area contributed by atoms with Crippen LogP contribution in [-0.4, -0.2) is 64.1 Å². The molecule has 1 aliphatic rings. The lowest BCUT2D eigenvalue weighted by Gasteiger charge is -2.28. The predicted octanol–water partition coefficient (Wildman–Crippen LogP) is 2.28. The molecule has 1 atom stereocenters. The SMILES string of the molecule is CN(Cc1cnn(C)c1)Cc1ccccc1OC[C@@H](O)CN1CCCCC1. The van der Waals surface area contributed by atoms with Gasteiger partial charge in [-0.2, -0.15) is 5.10 Å². The average Bonchev–Trinajstić information content (AvgIpc) is 3.06. The third-order valence-corrected chi connectivity index (χ3v) is 4.97. The van der Waals surface area contributed by atoms with Crippen molar-refractivity contribution in [2.75, 3.05) is 33.3 Å². The van der Waals surface area contributed by atoms with Crippen molar-refractivity contribution in [3.8, 4) is 5.75 Å². The highest BCUT2D eigenvalue weighted by atomic mass is 16.5. The van der Waals surface area contributed by atoms with E-state index in [4.69, 9.17) is 4.74 Å². The summed E-state index contributed by atoms with van der Waals surface area (Å²) in [7, 11) is 4.02. The molecular formula is C21H32N4O2. The van der Waals surface area contributed by atoms with Crippen molar-refractivity contribution in [1.82, 2.24) is 19.6 Å². The molecule has 1 fully saturated rings. The first kappa shape index (κ1) is 19.9. The molecule has 27 heavy (non-hydrogen) atoms. The van der Waals surface area contributed by atoms with Gasteiger partial charge in [0.05, 0.1) is 6.20 Å². The Hall–Kier alpha value is -1.89. The number of ether oxygens (including phenoxy) is 1. The second-order valence-corrected chi connectivity index (χ2v) is 7.63. The fourth-order valence-electron chi connectivity index (χ4n) is 3.67. The third kappa shape index (κ3) is 6.34. The number of rotatable bonds is 9. The van der Waals surface area contributed by atoms with Gasteiger partial charge in [0.1, 0.15) is 18.5 Å². The lowest BCUT2D eigenvalue weighted by molar-refractivity contribution is 0.0612. The first-order valence-electron chi connectivity index (χ1n) is 9.87. The fraction of sp³-hybridized carbons (Fsp3) is 0.571. The van der Waals surface area contributed by atoms with Crippen LogP contribution in [0.15, 0.2) is 36.7 Å². The number of benzene rings is 1. The second kappa shape index (κ2) is 9.88. The number of aromatic nitrogens is 2. The van der Waals surface area contributed by atoms with Crippen molar-refractivity contribution in [1.29, 1.82) is 0 Å². The predicted molar refractivity (Wildman–Crippen MR) is 107 cm³/mol. The summed E-state index contributed by atoms with van der Waals surface area (Å²) in [5.74, 6) is 0.855. The van der Waals surface area contributed by atoms with Crippen LogP contribution < -0.4 is 4.74 Å². The molecule has 0 unspecified atom stereocenters. The van der Waals surface area contributed by atoms with Gasteiger partial charge in [-0.05, 0) is 39.0 Å². The Bertz CT molecular complexity index is 697. The zero-order valence-corrected chi connectivity index (χ0v) is 16.5. The maximum Gasteiger partial charge on any atom is 0.123 e. The molecule has 2 aromatic rings. The molecule has 3 rings (SSSR count). The molecule has 1 saturated heterocycles. The van der Waals surface area contributed by atoms with Crippen molar-refractivity contribution >= 4 is 0 Å². The van der Waals surface area contributed by atoms with Gasteiger partial charge in [0.15, 0.2) is 0 Å². The molecule has 1 aromatic heterocycles. The van der Waals surface area contributed by atoms with Crippen LogP contribution in [0.25, 0.3) is 0 Å². The van der Waals surface area contributed by atoms with Gasteiger partial charge in [-0.15, -0.1) is 0 Å². The Morgan fingerprint density at radius 2 is 1.96 bits per heavy atom. The quantitative estimate of drug-likeness (QED) is 0.732. The van der Waals surface area contributed by atoms with Gasteiger partial charge in [0.2, 0.25) is 0 Å². The molecule has 0 radical (unpaired) electrons. The number of aryl methyl sites for hydroxylation is 1. The van der Waals surface area contributed by atoms with Gasteiger partial charge in [0, 0.05) is 44.0 Å². The maximum atomic E-state index is 10.3. The van der Waals surface area contributed by atoms with Crippen LogP contribution >= 0.6 is 0 Å². The standard InChI is InChI=1S/C21H32N4O2/c1-23(13-18-12-22-24(2)14-18)15-19-8-4-5-9-21(19)27-17-20(26)16-25-10-6-3-7-11-25/h4-5,8-9,12,14,20,26H,3,6-7,10-11,13,15-17H2,1-2H3/t20-/m0/s1. The van der Waals surface area contributed by atoms with Gasteiger partial charge in [-0.1, -0.05) is 24.6 Å². The van der Waals surface area contributed by atoms with Gasteiger partial charge < -0.3 is 14.7 Å². The number of para-hydroxylation sites is 1. The van der Waals surface area contributed by atoms with Gasteiger partial charge in [-0.3, -0.25) is 9.58 Å². The lowest BCUT2D eigenvalue weighted by atomic mass is 10.1. The van der Waals surface area contributed by atoms with E-state index in [1.807, 2.05) is 42.3 Å². The summed E-state index contributed by atoms with van der Waals surface area (Å²) in [6.07, 6.45) is 7.26. The number of hydrogen-bond donors (Lipinski definition) is 1. The molecule has 0 bridgehead atoms. The highest BCUT2D eigenvalue weighted by Crippen LogP contribution is 2.20. The van der Waals surface area contributed by atoms with E-state index in [1.165, 1.54) is 24.8 Å². The summed E-state index contributed by atoms with van der Waals surface area (Å²) in [5.41, 5.74) is 2.32. The molecule has 1 N–H and O–H groups in total. The summed E-state index contributed by atoms with van der Waals surface area (Å²) in [6, 6.07) is 8.09. The van der Waals surface area contributed by atoms with Gasteiger partial charge in [0.25, 0.3) is 0 Å². The molecule has 6 heteroatoms. The second-order valence-electron chi connectivity index (χ2n) is 7.63. The highest BCUT2D eigenvalue weighted by molar-refractivity contribution is 5.33. The highest BCUT2D eigenvalue weighted by Gasteiger charge is 2.16. The Labute approximate surface area is 162 Å². The van der Waals surface area contributed by atoms with Crippen molar-refractivity contribution in [2.45, 2.75) is 38.5 Å². The van der Waals surface area contributed by atoms with E-state index in [1.54, 1.807) is 0 Å². The van der Waals surface area contributed by atoms with Gasteiger partial charge in [-0.25, -0.2) is 0 Å². The van der Waals surface area contributed by atoms with Crippen molar-refractivity contribution in [2.24, 2.45) is 7.05 Å². The van der Waals surface area contributed by atoms with Crippen LogP contribution in [-0.2, 0) is 20.1 Å². The van der Waals surface area contributed by atoms with Crippen LogP contribution in [0.3, 0.4) is 0 Å². The van der Waals surface area contributed by atoms with Crippen LogP contribution in [0, 0.1) is 0 Å². The number of β-amino-alcohol motifs (C(OH)–C–C–N with tert-alkyl or cyclic N) is 1. The Morgan fingerprint density at radius 1 is 1.19 bits per heavy atom. The maximum absolute atomic E-state index is 10.3. The lowest BCUT2D eigenvalue weighted by Crippen LogP contribution is -2.38. The monoisotopic (exact) mass is 372 g/mol. The smallest absolute Gasteiger partial charge is 0.123 e. The molecule has 0 aliphatic carbocycles. The minimum Gasteiger partial charge on any atom is -0.491 e. The van der Waals surface area contributed by atoms with Crippen molar-refractivity contribution in [3.05, 3.63) is 47.8 Å². The summed E-state index contributed by atoms with van der Waals surface area (Å²) in [6.45, 7) is 4.83. The zero-order valence-electron chi connectivity index (χ0n) is 16.5. The van der Waals surface area contributed by atoms with Crippen LogP contribution in [0.5, 0.6) is 5.75 Å². The Morgan fingerprint density at radius 3 is 2.70 bits per heavy atom. The van der Waals surface area contributed by atoms with Crippen molar-refractivity contribution < 1.29 is 9.84 Å². The normalized spacial score (nSPS) is 16.6. The molecule has 2 heterocycles. The number of likely N-dealkylation sites (tertiary alicyclic amines) is 1. The average molecular weight is 373 g/mol. The van der Waals surface area contributed by atoms with Crippen LogP contribution in [0.2, 0.25) is 0 Å². The molecule has 1 aliphatic heterocycles. The minimum absolute atomic E-state index is 0.333. The van der Waals surface area contributed by atoms with E-state index in [0.29, 0.717) is 13.2 Å². The summed E-state index contributed by atoms with van der Waals surface area (Å²) >= 11 is 0. The molecule has 0 spiro atoms. The summed E-state index contributed by atoms with van der Waals surface area (Å²) < 4.78 is 7.80. The molecule has 148 valence electrons. The van der Waals surface area contributed by atoms with Crippen LogP contribution in [0.4, 0.5) is 0 Å². The zero-order chi connectivity index (χ0) is 19.1. The van der Waals surface area contributed by atoms with E-state index in [0.717, 1.165) is 37.5 Å². The van der Waals surface area contributed by atoms with E-state index < -0.39 is 6.10 Å². The fourth-order valence-corrected chi connectivity index (χ4v) is 3.67. The number of nitrogens with zero attached hydrogens (tertiary/aromatic N) is 4. The Balaban J connectivity index is 1.50. The van der Waals surface area contributed by atoms with E-state index in [-0.39, 0.29) is 0 Å². The first-order valence-corrected chi connectivity index (χ1v) is 9.87. The first-order chi connectivity index (χ1) is 13.1. The van der Waals surface area contributed by atoms with E-state index >= 15 is 0 Å². The van der Waals surface area contributed by atoms with Gasteiger partial charge >= 0.3 is 0 Å². The molecule has 6 nitrogen and oxygen atoms in total. The topological polar surface area (TPSA) is 53.8 Å². The molecule has 1 aromatic carbocycles. The summed E-state index contributed by atoms with van der Waals surface area (Å²) in [4.78, 5) is 4.58. The number of aliphatic hydroxyl groups is 1. The van der Waals surface area contributed by atoms with Crippen LogP contribution in [0.1, 0.15) is 30.4 Å². The number of aliphatic hydroxyl groups excluding tert-OH is 1. The minimum atomic E-state index is -0.454. The third-order valence-electron chi connectivity index (χ3n) is 4.97. The van der Waals surface area contributed by atoms with E-state index in [2.05, 4.69) is 28.0 Å². The molecule has 0 saturated carbocycles. The number of hydrogen-bond acceptors (Lipinski definition) is 5.